The second kappa shape index (κ2) is 8.93. The maximum Gasteiger partial charge on any atom is 0.268 e. The van der Waals surface area contributed by atoms with Gasteiger partial charge in [-0.1, -0.05) is 36.9 Å². The zero-order valence-corrected chi connectivity index (χ0v) is 18.4. The van der Waals surface area contributed by atoms with Gasteiger partial charge in [0, 0.05) is 31.0 Å². The number of hydrogen-bond acceptors (Lipinski definition) is 6. The van der Waals surface area contributed by atoms with Crippen LogP contribution >= 0.6 is 23.5 Å². The maximum atomic E-state index is 13.0. The first-order valence-corrected chi connectivity index (χ1v) is 11.8. The lowest BCUT2D eigenvalue weighted by molar-refractivity contribution is -0.116. The molecular formula is C21H25N3O3S2. The molecule has 0 aliphatic carbocycles. The topological polar surface area (TPSA) is 64.4 Å². The summed E-state index contributed by atoms with van der Waals surface area (Å²) in [6.45, 7) is 3.71. The Morgan fingerprint density at radius 3 is 3.03 bits per heavy atom. The third-order valence-corrected chi connectivity index (χ3v) is 7.39. The van der Waals surface area contributed by atoms with E-state index >= 15 is 0 Å². The van der Waals surface area contributed by atoms with Gasteiger partial charge in [0.1, 0.15) is 0 Å². The predicted molar refractivity (Wildman–Crippen MR) is 117 cm³/mol. The highest BCUT2D eigenvalue weighted by atomic mass is 32.2. The molecule has 1 amide bonds. The maximum absolute atomic E-state index is 13.0. The van der Waals surface area contributed by atoms with Gasteiger partial charge in [0.05, 0.1) is 29.5 Å². The van der Waals surface area contributed by atoms with Crippen LogP contribution in [-0.2, 0) is 28.9 Å². The van der Waals surface area contributed by atoms with Gasteiger partial charge in [-0.25, -0.2) is 4.98 Å². The number of aryl methyl sites for hydroxylation is 1. The van der Waals surface area contributed by atoms with E-state index < -0.39 is 0 Å². The van der Waals surface area contributed by atoms with Crippen LogP contribution in [0.3, 0.4) is 0 Å². The average molecular weight is 432 g/mol. The number of thioether (sulfide) groups is 2. The SMILES string of the molecule is COCCn1c(SCC(=O)N2CCCc3ccccc32)nc2c(c1=O)S[C@@H](C)C2. The number of carbonyl (C=O) groups excluding carboxylic acids is 1. The van der Waals surface area contributed by atoms with Crippen LogP contribution in [0.4, 0.5) is 5.69 Å². The van der Waals surface area contributed by atoms with Crippen molar-refractivity contribution in [2.24, 2.45) is 0 Å². The summed E-state index contributed by atoms with van der Waals surface area (Å²) in [5.41, 5.74) is 3.07. The van der Waals surface area contributed by atoms with E-state index in [1.807, 2.05) is 23.1 Å². The smallest absolute Gasteiger partial charge is 0.268 e. The first kappa shape index (κ1) is 20.5. The molecule has 2 aliphatic heterocycles. The first-order chi connectivity index (χ1) is 14.1. The van der Waals surface area contributed by atoms with E-state index in [-0.39, 0.29) is 17.2 Å². The van der Waals surface area contributed by atoms with Crippen LogP contribution in [0.5, 0.6) is 0 Å². The van der Waals surface area contributed by atoms with Gasteiger partial charge in [-0.15, -0.1) is 11.8 Å². The first-order valence-electron chi connectivity index (χ1n) is 9.89. The Labute approximate surface area is 179 Å². The molecular weight excluding hydrogens is 406 g/mol. The number of aromatic nitrogens is 2. The van der Waals surface area contributed by atoms with Crippen molar-refractivity contribution in [2.75, 3.05) is 30.9 Å². The number of ether oxygens (including phenoxy) is 1. The van der Waals surface area contributed by atoms with E-state index in [0.717, 1.165) is 42.1 Å². The predicted octanol–water partition coefficient (Wildman–Crippen LogP) is 3.00. The van der Waals surface area contributed by atoms with E-state index in [1.165, 1.54) is 17.3 Å². The molecule has 0 unspecified atom stereocenters. The number of amides is 1. The van der Waals surface area contributed by atoms with E-state index in [9.17, 15) is 9.59 Å². The minimum atomic E-state index is -0.0142. The quantitative estimate of drug-likeness (QED) is 0.518. The van der Waals surface area contributed by atoms with Crippen molar-refractivity contribution in [3.8, 4) is 0 Å². The van der Waals surface area contributed by atoms with Crippen LogP contribution < -0.4 is 10.5 Å². The summed E-state index contributed by atoms with van der Waals surface area (Å²) in [7, 11) is 1.62. The summed E-state index contributed by atoms with van der Waals surface area (Å²) in [6.07, 6.45) is 2.77. The van der Waals surface area contributed by atoms with Gasteiger partial charge in [0.15, 0.2) is 5.16 Å². The molecule has 154 valence electrons. The lowest BCUT2D eigenvalue weighted by Crippen LogP contribution is -2.37. The lowest BCUT2D eigenvalue weighted by Gasteiger charge is -2.29. The molecule has 8 heteroatoms. The zero-order chi connectivity index (χ0) is 20.4. The molecule has 0 spiro atoms. The highest BCUT2D eigenvalue weighted by molar-refractivity contribution is 8.00. The number of para-hydroxylation sites is 1. The van der Waals surface area contributed by atoms with Crippen molar-refractivity contribution in [1.82, 2.24) is 9.55 Å². The molecule has 1 aromatic carbocycles. The highest BCUT2D eigenvalue weighted by Crippen LogP contribution is 2.34. The molecule has 6 nitrogen and oxygen atoms in total. The number of methoxy groups -OCH3 is 1. The number of hydrogen-bond donors (Lipinski definition) is 0. The summed E-state index contributed by atoms with van der Waals surface area (Å²) in [5.74, 6) is 0.313. The van der Waals surface area contributed by atoms with Gasteiger partial charge in [0.25, 0.3) is 5.56 Å². The van der Waals surface area contributed by atoms with Gasteiger partial charge in [-0.2, -0.15) is 0 Å². The molecule has 0 fully saturated rings. The Morgan fingerprint density at radius 2 is 2.21 bits per heavy atom. The van der Waals surface area contributed by atoms with Gasteiger partial charge < -0.3 is 9.64 Å². The third kappa shape index (κ3) is 4.25. The minimum absolute atomic E-state index is 0.0142. The second-order valence-electron chi connectivity index (χ2n) is 7.32. The van der Waals surface area contributed by atoms with E-state index in [1.54, 1.807) is 23.4 Å². The molecule has 4 rings (SSSR count). The number of rotatable bonds is 6. The summed E-state index contributed by atoms with van der Waals surface area (Å²) < 4.78 is 6.84. The largest absolute Gasteiger partial charge is 0.383 e. The van der Waals surface area contributed by atoms with Crippen LogP contribution in [0.2, 0.25) is 0 Å². The normalized spacial score (nSPS) is 17.9. The lowest BCUT2D eigenvalue weighted by atomic mass is 10.0. The summed E-state index contributed by atoms with van der Waals surface area (Å²) in [5, 5.41) is 0.965. The van der Waals surface area contributed by atoms with Gasteiger partial charge in [-0.3, -0.25) is 14.2 Å². The summed E-state index contributed by atoms with van der Waals surface area (Å²) in [6, 6.07) is 8.09. The third-order valence-electron chi connectivity index (χ3n) is 5.22. The van der Waals surface area contributed by atoms with Gasteiger partial charge in [-0.05, 0) is 24.5 Å². The zero-order valence-electron chi connectivity index (χ0n) is 16.7. The summed E-state index contributed by atoms with van der Waals surface area (Å²) in [4.78, 5) is 33.3. The van der Waals surface area contributed by atoms with Crippen LogP contribution in [0.1, 0.15) is 24.6 Å². The molecule has 0 radical (unpaired) electrons. The Morgan fingerprint density at radius 1 is 1.38 bits per heavy atom. The molecule has 29 heavy (non-hydrogen) atoms. The van der Waals surface area contributed by atoms with Crippen LogP contribution in [0, 0.1) is 0 Å². The fourth-order valence-corrected chi connectivity index (χ4v) is 5.85. The Kier molecular flexibility index (Phi) is 6.32. The van der Waals surface area contributed by atoms with Crippen LogP contribution in [0.25, 0.3) is 0 Å². The molecule has 0 N–H and O–H groups in total. The molecule has 0 bridgehead atoms. The van der Waals surface area contributed by atoms with Crippen molar-refractivity contribution in [3.05, 3.63) is 45.9 Å². The molecule has 2 aromatic rings. The Hall–Kier alpha value is -1.77. The van der Waals surface area contributed by atoms with Crippen LogP contribution in [-0.4, -0.2) is 46.7 Å². The summed E-state index contributed by atoms with van der Waals surface area (Å²) >= 11 is 2.94. The molecule has 1 aromatic heterocycles. The van der Waals surface area contributed by atoms with Gasteiger partial charge in [0.2, 0.25) is 5.91 Å². The molecule has 2 aliphatic rings. The number of anilines is 1. The second-order valence-corrected chi connectivity index (χ2v) is 9.71. The van der Waals surface area contributed by atoms with Crippen molar-refractivity contribution < 1.29 is 9.53 Å². The Bertz CT molecular complexity index is 976. The number of nitrogens with zero attached hydrogens (tertiary/aromatic N) is 3. The molecule has 3 heterocycles. The molecule has 0 saturated heterocycles. The molecule has 1 atom stereocenters. The molecule has 0 saturated carbocycles. The van der Waals surface area contributed by atoms with Crippen molar-refractivity contribution in [2.45, 2.75) is 48.0 Å². The monoisotopic (exact) mass is 431 g/mol. The standard InChI is InChI=1S/C21H25N3O3S2/c1-14-12-16-19(29-14)20(26)24(10-11-27-2)21(22-16)28-13-18(25)23-9-5-7-15-6-3-4-8-17(15)23/h3-4,6,8,14H,5,7,9-13H2,1-2H3/t14-/m0/s1. The van der Waals surface area contributed by atoms with E-state index in [0.29, 0.717) is 23.6 Å². The average Bonchev–Trinajstić information content (AvgIpc) is 3.11. The van der Waals surface area contributed by atoms with Gasteiger partial charge >= 0.3 is 0 Å². The number of carbonyl (C=O) groups is 1. The van der Waals surface area contributed by atoms with Crippen molar-refractivity contribution in [3.63, 3.8) is 0 Å². The number of fused-ring (bicyclic) bond motifs is 2. The fraction of sp³-hybridized carbons (Fsp3) is 0.476. The van der Waals surface area contributed by atoms with Crippen molar-refractivity contribution >= 4 is 35.1 Å². The van der Waals surface area contributed by atoms with E-state index in [2.05, 4.69) is 13.0 Å². The van der Waals surface area contributed by atoms with E-state index in [4.69, 9.17) is 9.72 Å². The highest BCUT2D eigenvalue weighted by Gasteiger charge is 2.27. The van der Waals surface area contributed by atoms with Crippen molar-refractivity contribution in [1.29, 1.82) is 0 Å². The van der Waals surface area contributed by atoms with Crippen LogP contribution in [0.15, 0.2) is 39.1 Å². The Balaban J connectivity index is 1.55. The fourth-order valence-electron chi connectivity index (χ4n) is 3.82. The number of benzene rings is 1. The minimum Gasteiger partial charge on any atom is -0.383 e.